The van der Waals surface area contributed by atoms with Gasteiger partial charge in [0.2, 0.25) is 0 Å². The summed E-state index contributed by atoms with van der Waals surface area (Å²) >= 11 is 0. The van der Waals surface area contributed by atoms with Crippen LogP contribution in [-0.2, 0) is 0 Å². The number of carbonyl (C=O) groups is 2. The molecule has 5 nitrogen and oxygen atoms in total. The van der Waals surface area contributed by atoms with E-state index < -0.39 is 0 Å². The number of benzene rings is 2. The molecule has 1 N–H and O–H groups in total. The molecule has 0 aliphatic rings. The van der Waals surface area contributed by atoms with Gasteiger partial charge in [-0.25, -0.2) is 0 Å². The molecule has 5 heteroatoms. The lowest BCUT2D eigenvalue weighted by atomic mass is 10.1. The van der Waals surface area contributed by atoms with E-state index in [1.54, 1.807) is 50.5 Å². The summed E-state index contributed by atoms with van der Waals surface area (Å²) in [6.07, 6.45) is 3.90. The van der Waals surface area contributed by atoms with Crippen molar-refractivity contribution in [3.8, 4) is 17.5 Å². The van der Waals surface area contributed by atoms with E-state index in [2.05, 4.69) is 17.2 Å². The first-order valence-corrected chi connectivity index (χ1v) is 8.87. The van der Waals surface area contributed by atoms with E-state index in [-0.39, 0.29) is 18.4 Å². The lowest BCUT2D eigenvalue weighted by Crippen LogP contribution is -2.23. The Bertz CT molecular complexity index is 1010. The summed E-state index contributed by atoms with van der Waals surface area (Å²) in [6, 6.07) is 18.4. The molecule has 0 radical (unpaired) electrons. The van der Waals surface area contributed by atoms with Gasteiger partial charge in [0.1, 0.15) is 0 Å². The zero-order valence-corrected chi connectivity index (χ0v) is 15.8. The minimum absolute atomic E-state index is 0.0467. The molecular formula is C23H21N3O2. The van der Waals surface area contributed by atoms with Gasteiger partial charge in [0.15, 0.2) is 0 Å². The van der Waals surface area contributed by atoms with E-state index in [1.807, 2.05) is 41.2 Å². The number of amides is 2. The number of rotatable bonds is 4. The van der Waals surface area contributed by atoms with E-state index in [0.29, 0.717) is 11.1 Å². The highest BCUT2D eigenvalue weighted by Gasteiger charge is 2.06. The van der Waals surface area contributed by atoms with E-state index in [1.165, 1.54) is 4.90 Å². The average Bonchev–Trinajstić information content (AvgIpc) is 3.26. The third-order valence-electron chi connectivity index (χ3n) is 4.14. The molecule has 1 aromatic heterocycles. The highest BCUT2D eigenvalue weighted by atomic mass is 16.2. The number of carbonyl (C=O) groups excluding carboxylic acids is 2. The Morgan fingerprint density at radius 2 is 1.54 bits per heavy atom. The standard InChI is InChI=1S/C23H21N3O2/c1-25(2)23(28)20-9-7-18(8-10-20)6-5-15-24-22(27)19-11-13-21(14-12-19)26-16-3-4-17-26/h3-4,7-14,16-17H,15H2,1-2H3,(H,24,27). The summed E-state index contributed by atoms with van der Waals surface area (Å²) in [4.78, 5) is 25.6. The Kier molecular flexibility index (Phi) is 5.93. The second kappa shape index (κ2) is 8.74. The molecule has 2 amide bonds. The van der Waals surface area contributed by atoms with Gasteiger partial charge in [-0.2, -0.15) is 0 Å². The molecule has 0 aliphatic carbocycles. The summed E-state index contributed by atoms with van der Waals surface area (Å²) in [5.74, 6) is 5.69. The van der Waals surface area contributed by atoms with Gasteiger partial charge in [-0.3, -0.25) is 9.59 Å². The predicted octanol–water partition coefficient (Wildman–Crippen LogP) is 2.96. The fourth-order valence-corrected chi connectivity index (χ4v) is 2.62. The van der Waals surface area contributed by atoms with E-state index >= 15 is 0 Å². The monoisotopic (exact) mass is 371 g/mol. The zero-order chi connectivity index (χ0) is 19.9. The van der Waals surface area contributed by atoms with Crippen LogP contribution < -0.4 is 5.32 Å². The van der Waals surface area contributed by atoms with Gasteiger partial charge in [-0.15, -0.1) is 0 Å². The maximum Gasteiger partial charge on any atom is 0.253 e. The van der Waals surface area contributed by atoms with Gasteiger partial charge in [0, 0.05) is 48.9 Å². The van der Waals surface area contributed by atoms with E-state index in [4.69, 9.17) is 0 Å². The van der Waals surface area contributed by atoms with Crippen molar-refractivity contribution in [2.75, 3.05) is 20.6 Å². The zero-order valence-electron chi connectivity index (χ0n) is 15.8. The Morgan fingerprint density at radius 1 is 0.929 bits per heavy atom. The van der Waals surface area contributed by atoms with Crippen LogP contribution >= 0.6 is 0 Å². The van der Waals surface area contributed by atoms with Crippen LogP contribution in [-0.4, -0.2) is 41.9 Å². The molecule has 0 bridgehead atoms. The summed E-state index contributed by atoms with van der Waals surface area (Å²) in [5.41, 5.74) is 3.00. The molecular weight excluding hydrogens is 350 g/mol. The topological polar surface area (TPSA) is 54.3 Å². The van der Waals surface area contributed by atoms with Crippen LogP contribution in [0.1, 0.15) is 26.3 Å². The molecule has 140 valence electrons. The van der Waals surface area contributed by atoms with Crippen molar-refractivity contribution in [1.29, 1.82) is 0 Å². The normalized spacial score (nSPS) is 9.93. The van der Waals surface area contributed by atoms with Crippen molar-refractivity contribution < 1.29 is 9.59 Å². The molecule has 0 aliphatic heterocycles. The Labute approximate surface area is 164 Å². The maximum atomic E-state index is 12.2. The van der Waals surface area contributed by atoms with Gasteiger partial charge in [0.25, 0.3) is 11.8 Å². The molecule has 2 aromatic carbocycles. The lowest BCUT2D eigenvalue weighted by molar-refractivity contribution is 0.0827. The lowest BCUT2D eigenvalue weighted by Gasteiger charge is -2.09. The summed E-state index contributed by atoms with van der Waals surface area (Å²) in [5, 5.41) is 2.79. The number of nitrogens with zero attached hydrogens (tertiary/aromatic N) is 2. The fourth-order valence-electron chi connectivity index (χ4n) is 2.62. The third-order valence-corrected chi connectivity index (χ3v) is 4.14. The largest absolute Gasteiger partial charge is 0.345 e. The van der Waals surface area contributed by atoms with Crippen LogP contribution in [0.4, 0.5) is 0 Å². The van der Waals surface area contributed by atoms with Crippen LogP contribution in [0, 0.1) is 11.8 Å². The first-order chi connectivity index (χ1) is 13.5. The SMILES string of the molecule is CN(C)C(=O)c1ccc(C#CCNC(=O)c2ccc(-n3cccc3)cc2)cc1. The quantitative estimate of drug-likeness (QED) is 0.717. The fraction of sp³-hybridized carbons (Fsp3) is 0.130. The van der Waals surface area contributed by atoms with Crippen molar-refractivity contribution >= 4 is 11.8 Å². The Morgan fingerprint density at radius 3 is 2.14 bits per heavy atom. The molecule has 0 unspecified atom stereocenters. The third kappa shape index (κ3) is 4.68. The first-order valence-electron chi connectivity index (χ1n) is 8.87. The number of hydrogen-bond acceptors (Lipinski definition) is 2. The Hall–Kier alpha value is -3.78. The van der Waals surface area contributed by atoms with Crippen LogP contribution in [0.25, 0.3) is 5.69 Å². The van der Waals surface area contributed by atoms with Gasteiger partial charge < -0.3 is 14.8 Å². The van der Waals surface area contributed by atoms with Crippen molar-refractivity contribution in [3.05, 3.63) is 89.7 Å². The molecule has 0 spiro atoms. The molecule has 28 heavy (non-hydrogen) atoms. The van der Waals surface area contributed by atoms with Crippen LogP contribution in [0.3, 0.4) is 0 Å². The van der Waals surface area contributed by atoms with Crippen molar-refractivity contribution in [2.45, 2.75) is 0 Å². The van der Waals surface area contributed by atoms with Crippen molar-refractivity contribution in [3.63, 3.8) is 0 Å². The minimum Gasteiger partial charge on any atom is -0.345 e. The first kappa shape index (κ1) is 19.0. The van der Waals surface area contributed by atoms with Gasteiger partial charge in [0.05, 0.1) is 6.54 Å². The summed E-state index contributed by atoms with van der Waals surface area (Å²) in [6.45, 7) is 0.247. The molecule has 0 atom stereocenters. The molecule has 3 rings (SSSR count). The number of aromatic nitrogens is 1. The second-order valence-corrected chi connectivity index (χ2v) is 6.40. The molecule has 1 heterocycles. The highest BCUT2D eigenvalue weighted by molar-refractivity contribution is 5.94. The van der Waals surface area contributed by atoms with E-state index in [9.17, 15) is 9.59 Å². The van der Waals surface area contributed by atoms with Crippen LogP contribution in [0.2, 0.25) is 0 Å². The molecule has 0 saturated heterocycles. The van der Waals surface area contributed by atoms with Crippen molar-refractivity contribution in [1.82, 2.24) is 14.8 Å². The van der Waals surface area contributed by atoms with Crippen LogP contribution in [0.15, 0.2) is 73.1 Å². The second-order valence-electron chi connectivity index (χ2n) is 6.40. The summed E-state index contributed by atoms with van der Waals surface area (Å²) in [7, 11) is 3.43. The molecule has 0 fully saturated rings. The maximum absolute atomic E-state index is 12.2. The summed E-state index contributed by atoms with van der Waals surface area (Å²) < 4.78 is 1.98. The van der Waals surface area contributed by atoms with Crippen molar-refractivity contribution in [2.24, 2.45) is 0 Å². The van der Waals surface area contributed by atoms with Crippen LogP contribution in [0.5, 0.6) is 0 Å². The average molecular weight is 371 g/mol. The Balaban J connectivity index is 1.54. The van der Waals surface area contributed by atoms with Gasteiger partial charge in [-0.05, 0) is 60.7 Å². The molecule has 3 aromatic rings. The van der Waals surface area contributed by atoms with Gasteiger partial charge >= 0.3 is 0 Å². The van der Waals surface area contributed by atoms with Gasteiger partial charge in [-0.1, -0.05) is 11.8 Å². The minimum atomic E-state index is -0.166. The predicted molar refractivity (Wildman–Crippen MR) is 109 cm³/mol. The number of nitrogens with one attached hydrogen (secondary N) is 1. The van der Waals surface area contributed by atoms with E-state index in [0.717, 1.165) is 11.3 Å². The smallest absolute Gasteiger partial charge is 0.253 e. The highest BCUT2D eigenvalue weighted by Crippen LogP contribution is 2.10. The molecule has 0 saturated carbocycles. The number of hydrogen-bond donors (Lipinski definition) is 1.